The van der Waals surface area contributed by atoms with Crippen LogP contribution < -0.4 is 10.6 Å². The van der Waals surface area contributed by atoms with Crippen molar-refractivity contribution >= 4 is 11.5 Å². The summed E-state index contributed by atoms with van der Waals surface area (Å²) in [5.74, 6) is 0.709. The van der Waals surface area contributed by atoms with Gasteiger partial charge in [0.15, 0.2) is 5.82 Å². The first-order valence-corrected chi connectivity index (χ1v) is 4.56. The Morgan fingerprint density at radius 2 is 2.36 bits per heavy atom. The quantitative estimate of drug-likeness (QED) is 0.722. The van der Waals surface area contributed by atoms with Crippen LogP contribution in [0.2, 0.25) is 0 Å². The Bertz CT molecular complexity index is 290. The number of nitrogen functional groups attached to an aromatic ring is 1. The molecular weight excluding hydrogens is 180 g/mol. The normalized spacial score (nSPS) is 12.5. The van der Waals surface area contributed by atoms with E-state index < -0.39 is 0 Å². The first-order chi connectivity index (χ1) is 6.61. The molecule has 5 heteroatoms. The van der Waals surface area contributed by atoms with Gasteiger partial charge in [0.1, 0.15) is 6.33 Å². The topological polar surface area (TPSA) is 75.3 Å². The number of nitrogens with two attached hydrogens (primary N) is 1. The van der Waals surface area contributed by atoms with Crippen molar-refractivity contribution in [3.8, 4) is 0 Å². The molecule has 78 valence electrons. The lowest BCUT2D eigenvalue weighted by molar-refractivity contribution is 0.187. The maximum Gasteiger partial charge on any atom is 0.154 e. The molecule has 0 saturated carbocycles. The van der Waals surface area contributed by atoms with E-state index in [9.17, 15) is 0 Å². The number of hydrogen-bond acceptors (Lipinski definition) is 5. The highest BCUT2D eigenvalue weighted by Gasteiger charge is 2.07. The zero-order chi connectivity index (χ0) is 10.6. The SMILES string of the molecule is CC(O)CCN(C)c1ncncc1N. The zero-order valence-corrected chi connectivity index (χ0v) is 8.51. The summed E-state index contributed by atoms with van der Waals surface area (Å²) >= 11 is 0. The van der Waals surface area contributed by atoms with E-state index in [4.69, 9.17) is 10.8 Å². The van der Waals surface area contributed by atoms with Gasteiger partial charge in [-0.15, -0.1) is 0 Å². The molecule has 0 aliphatic rings. The second-order valence-corrected chi connectivity index (χ2v) is 3.36. The van der Waals surface area contributed by atoms with E-state index in [0.29, 0.717) is 17.9 Å². The molecule has 0 aliphatic carbocycles. The maximum absolute atomic E-state index is 9.13. The van der Waals surface area contributed by atoms with Crippen molar-refractivity contribution in [2.45, 2.75) is 19.4 Å². The van der Waals surface area contributed by atoms with Gasteiger partial charge in [0, 0.05) is 13.6 Å². The molecule has 1 atom stereocenters. The lowest BCUT2D eigenvalue weighted by atomic mass is 10.3. The Hall–Kier alpha value is -1.36. The van der Waals surface area contributed by atoms with E-state index in [-0.39, 0.29) is 6.10 Å². The Kier molecular flexibility index (Phi) is 3.64. The highest BCUT2D eigenvalue weighted by atomic mass is 16.3. The third kappa shape index (κ3) is 2.85. The van der Waals surface area contributed by atoms with Crippen molar-refractivity contribution in [3.05, 3.63) is 12.5 Å². The van der Waals surface area contributed by atoms with Gasteiger partial charge in [-0.25, -0.2) is 9.97 Å². The molecule has 1 aromatic heterocycles. The lowest BCUT2D eigenvalue weighted by Crippen LogP contribution is -2.23. The van der Waals surface area contributed by atoms with Crippen LogP contribution in [0.25, 0.3) is 0 Å². The van der Waals surface area contributed by atoms with Crippen molar-refractivity contribution in [3.63, 3.8) is 0 Å². The van der Waals surface area contributed by atoms with Crippen LogP contribution in [0.3, 0.4) is 0 Å². The van der Waals surface area contributed by atoms with E-state index in [1.165, 1.54) is 6.33 Å². The molecule has 1 unspecified atom stereocenters. The van der Waals surface area contributed by atoms with Crippen LogP contribution in [0.1, 0.15) is 13.3 Å². The fourth-order valence-corrected chi connectivity index (χ4v) is 1.14. The largest absolute Gasteiger partial charge is 0.394 e. The van der Waals surface area contributed by atoms with Gasteiger partial charge in [-0.05, 0) is 13.3 Å². The van der Waals surface area contributed by atoms with Gasteiger partial charge in [-0.1, -0.05) is 0 Å². The second-order valence-electron chi connectivity index (χ2n) is 3.36. The molecule has 0 radical (unpaired) electrons. The van der Waals surface area contributed by atoms with Crippen LogP contribution in [0, 0.1) is 0 Å². The van der Waals surface area contributed by atoms with Gasteiger partial charge < -0.3 is 15.7 Å². The average molecular weight is 196 g/mol. The third-order valence-electron chi connectivity index (χ3n) is 1.96. The first-order valence-electron chi connectivity index (χ1n) is 4.56. The van der Waals surface area contributed by atoms with Gasteiger partial charge in [0.25, 0.3) is 0 Å². The molecular formula is C9H16N4O. The van der Waals surface area contributed by atoms with Crippen molar-refractivity contribution in [1.82, 2.24) is 9.97 Å². The summed E-state index contributed by atoms with van der Waals surface area (Å²) in [6.45, 7) is 2.48. The summed E-state index contributed by atoms with van der Waals surface area (Å²) in [6, 6.07) is 0. The highest BCUT2D eigenvalue weighted by molar-refractivity contribution is 5.60. The van der Waals surface area contributed by atoms with Gasteiger partial charge in [-0.2, -0.15) is 0 Å². The van der Waals surface area contributed by atoms with Crippen LogP contribution in [-0.4, -0.2) is 34.8 Å². The van der Waals surface area contributed by atoms with E-state index in [1.807, 2.05) is 11.9 Å². The average Bonchev–Trinajstić information content (AvgIpc) is 2.15. The van der Waals surface area contributed by atoms with Crippen LogP contribution in [-0.2, 0) is 0 Å². The smallest absolute Gasteiger partial charge is 0.154 e. The van der Waals surface area contributed by atoms with E-state index in [2.05, 4.69) is 9.97 Å². The summed E-state index contributed by atoms with van der Waals surface area (Å²) in [5, 5.41) is 9.13. The second kappa shape index (κ2) is 4.76. The highest BCUT2D eigenvalue weighted by Crippen LogP contribution is 2.16. The fraction of sp³-hybridized carbons (Fsp3) is 0.556. The molecule has 0 fully saturated rings. The van der Waals surface area contributed by atoms with Gasteiger partial charge in [-0.3, -0.25) is 0 Å². The molecule has 5 nitrogen and oxygen atoms in total. The molecule has 0 amide bonds. The minimum Gasteiger partial charge on any atom is -0.394 e. The summed E-state index contributed by atoms with van der Waals surface area (Å²) < 4.78 is 0. The Morgan fingerprint density at radius 1 is 1.64 bits per heavy atom. The standard InChI is InChI=1S/C9H16N4O/c1-7(14)3-4-13(2)9-8(10)5-11-6-12-9/h5-7,14H,3-4,10H2,1-2H3. The molecule has 3 N–H and O–H groups in total. The predicted molar refractivity (Wildman–Crippen MR) is 56.0 cm³/mol. The van der Waals surface area contributed by atoms with Crippen molar-refractivity contribution < 1.29 is 5.11 Å². The maximum atomic E-state index is 9.13. The minimum atomic E-state index is -0.305. The van der Waals surface area contributed by atoms with Crippen LogP contribution in [0.5, 0.6) is 0 Å². The van der Waals surface area contributed by atoms with Gasteiger partial charge in [0.05, 0.1) is 18.0 Å². The number of rotatable bonds is 4. The summed E-state index contributed by atoms with van der Waals surface area (Å²) in [6.07, 6.45) is 3.42. The van der Waals surface area contributed by atoms with E-state index in [1.54, 1.807) is 13.1 Å². The summed E-state index contributed by atoms with van der Waals surface area (Å²) in [5.41, 5.74) is 6.25. The van der Waals surface area contributed by atoms with Crippen LogP contribution in [0.4, 0.5) is 11.5 Å². The molecule has 0 bridgehead atoms. The predicted octanol–water partition coefficient (Wildman–Crippen LogP) is 0.266. The molecule has 0 aliphatic heterocycles. The van der Waals surface area contributed by atoms with Crippen molar-refractivity contribution in [2.24, 2.45) is 0 Å². The number of anilines is 2. The van der Waals surface area contributed by atoms with Crippen molar-refractivity contribution in [2.75, 3.05) is 24.2 Å². The zero-order valence-electron chi connectivity index (χ0n) is 8.51. The summed E-state index contributed by atoms with van der Waals surface area (Å²) in [7, 11) is 1.89. The molecule has 0 saturated heterocycles. The van der Waals surface area contributed by atoms with E-state index >= 15 is 0 Å². The number of hydrogen-bond donors (Lipinski definition) is 2. The molecule has 1 heterocycles. The number of aliphatic hydroxyl groups excluding tert-OH is 1. The molecule has 14 heavy (non-hydrogen) atoms. The van der Waals surface area contributed by atoms with Gasteiger partial charge >= 0.3 is 0 Å². The fourth-order valence-electron chi connectivity index (χ4n) is 1.14. The minimum absolute atomic E-state index is 0.305. The molecule has 0 spiro atoms. The summed E-state index contributed by atoms with van der Waals surface area (Å²) in [4.78, 5) is 9.78. The molecule has 0 aromatic carbocycles. The number of nitrogens with zero attached hydrogens (tertiary/aromatic N) is 3. The number of aliphatic hydroxyl groups is 1. The van der Waals surface area contributed by atoms with Crippen molar-refractivity contribution in [1.29, 1.82) is 0 Å². The lowest BCUT2D eigenvalue weighted by Gasteiger charge is -2.19. The van der Waals surface area contributed by atoms with Gasteiger partial charge in [0.2, 0.25) is 0 Å². The Labute approximate surface area is 83.6 Å². The monoisotopic (exact) mass is 196 g/mol. The number of aromatic nitrogens is 2. The Morgan fingerprint density at radius 3 is 2.93 bits per heavy atom. The third-order valence-corrected chi connectivity index (χ3v) is 1.96. The van der Waals surface area contributed by atoms with Crippen LogP contribution in [0.15, 0.2) is 12.5 Å². The molecule has 1 aromatic rings. The van der Waals surface area contributed by atoms with E-state index in [0.717, 1.165) is 6.54 Å². The van der Waals surface area contributed by atoms with Crippen LogP contribution >= 0.6 is 0 Å². The first kappa shape index (κ1) is 10.7. The Balaban J connectivity index is 2.60. The molecule has 1 rings (SSSR count).